The number of nitrogens with one attached hydrogen (secondary N) is 1. The van der Waals surface area contributed by atoms with E-state index in [4.69, 9.17) is 0 Å². The van der Waals surface area contributed by atoms with Crippen molar-refractivity contribution in [3.8, 4) is 5.69 Å². The number of amides is 1. The van der Waals surface area contributed by atoms with E-state index in [-0.39, 0.29) is 4.90 Å². The van der Waals surface area contributed by atoms with Gasteiger partial charge < -0.3 is 4.57 Å². The highest BCUT2D eigenvalue weighted by Gasteiger charge is 2.24. The molecule has 0 aliphatic carbocycles. The predicted molar refractivity (Wildman–Crippen MR) is 112 cm³/mol. The Kier molecular flexibility index (Phi) is 4.68. The molecule has 7 heteroatoms. The van der Waals surface area contributed by atoms with Crippen molar-refractivity contribution in [3.05, 3.63) is 90.0 Å². The summed E-state index contributed by atoms with van der Waals surface area (Å²) in [6.07, 6.45) is 3.11. The molecule has 4 rings (SSSR count). The summed E-state index contributed by atoms with van der Waals surface area (Å²) >= 11 is 0. The van der Waals surface area contributed by atoms with Crippen LogP contribution in [0.5, 0.6) is 0 Å². The molecule has 1 amide bonds. The van der Waals surface area contributed by atoms with Crippen molar-refractivity contribution in [2.45, 2.75) is 18.7 Å². The van der Waals surface area contributed by atoms with E-state index in [0.717, 1.165) is 11.4 Å². The second-order valence-electron chi connectivity index (χ2n) is 6.74. The van der Waals surface area contributed by atoms with Crippen molar-refractivity contribution in [1.82, 2.24) is 14.3 Å². The van der Waals surface area contributed by atoms with E-state index in [0.29, 0.717) is 22.0 Å². The second kappa shape index (κ2) is 7.18. The Labute approximate surface area is 168 Å². The summed E-state index contributed by atoms with van der Waals surface area (Å²) in [6.45, 7) is 3.67. The molecule has 0 atom stereocenters. The molecule has 0 spiro atoms. The van der Waals surface area contributed by atoms with Gasteiger partial charge in [-0.3, -0.25) is 9.78 Å². The van der Waals surface area contributed by atoms with E-state index in [1.807, 2.05) is 41.8 Å². The number of hydrogen-bond acceptors (Lipinski definition) is 4. The Morgan fingerprint density at radius 1 is 1.00 bits per heavy atom. The third-order valence-electron chi connectivity index (χ3n) is 4.85. The van der Waals surface area contributed by atoms with Gasteiger partial charge in [0.1, 0.15) is 0 Å². The zero-order chi connectivity index (χ0) is 20.6. The average Bonchev–Trinajstić information content (AvgIpc) is 3.02. The molecule has 146 valence electrons. The van der Waals surface area contributed by atoms with E-state index < -0.39 is 15.9 Å². The highest BCUT2D eigenvalue weighted by atomic mass is 32.2. The highest BCUT2D eigenvalue weighted by molar-refractivity contribution is 7.90. The van der Waals surface area contributed by atoms with Gasteiger partial charge in [0.2, 0.25) is 0 Å². The quantitative estimate of drug-likeness (QED) is 0.561. The zero-order valence-corrected chi connectivity index (χ0v) is 16.8. The van der Waals surface area contributed by atoms with Crippen LogP contribution in [0.4, 0.5) is 0 Å². The van der Waals surface area contributed by atoms with Crippen molar-refractivity contribution < 1.29 is 13.2 Å². The average molecular weight is 405 g/mol. The molecule has 0 bridgehead atoms. The molecule has 2 heterocycles. The lowest BCUT2D eigenvalue weighted by Gasteiger charge is -2.11. The fourth-order valence-corrected chi connectivity index (χ4v) is 4.72. The predicted octanol–water partition coefficient (Wildman–Crippen LogP) is 3.76. The lowest BCUT2D eigenvalue weighted by atomic mass is 10.2. The highest BCUT2D eigenvalue weighted by Crippen LogP contribution is 2.24. The molecule has 2 aromatic carbocycles. The van der Waals surface area contributed by atoms with Gasteiger partial charge >= 0.3 is 0 Å². The second-order valence-corrected chi connectivity index (χ2v) is 8.39. The molecular weight excluding hydrogens is 386 g/mol. The number of aromatic nitrogens is 2. The summed E-state index contributed by atoms with van der Waals surface area (Å²) in [4.78, 5) is 16.9. The zero-order valence-electron chi connectivity index (χ0n) is 16.0. The lowest BCUT2D eigenvalue weighted by Crippen LogP contribution is -2.31. The van der Waals surface area contributed by atoms with E-state index in [1.54, 1.807) is 37.4 Å². The maximum Gasteiger partial charge on any atom is 0.266 e. The lowest BCUT2D eigenvalue weighted by molar-refractivity contribution is 0.0981. The standard InChI is InChI=1S/C22H19N3O3S/c1-15-13-20(16(2)25(15)18-8-4-3-5-9-18)22(26)24-29(27,28)21-10-6-7-17-14-23-12-11-19(17)21/h3-14H,1-2H3,(H,24,26). The number of carbonyl (C=O) groups excluding carboxylic acids is 1. The number of rotatable bonds is 4. The first kappa shape index (κ1) is 18.9. The smallest absolute Gasteiger partial charge is 0.266 e. The van der Waals surface area contributed by atoms with Crippen molar-refractivity contribution in [1.29, 1.82) is 0 Å². The number of benzene rings is 2. The van der Waals surface area contributed by atoms with Crippen LogP contribution in [-0.2, 0) is 10.0 Å². The number of sulfonamides is 1. The number of hydrogen-bond donors (Lipinski definition) is 1. The summed E-state index contributed by atoms with van der Waals surface area (Å²) in [6, 6.07) is 17.8. The molecule has 1 N–H and O–H groups in total. The number of pyridine rings is 1. The number of para-hydroxylation sites is 1. The number of fused-ring (bicyclic) bond motifs is 1. The van der Waals surface area contributed by atoms with Gasteiger partial charge in [-0.25, -0.2) is 13.1 Å². The molecule has 0 saturated carbocycles. The van der Waals surface area contributed by atoms with Crippen LogP contribution in [0.15, 0.2) is 78.0 Å². The molecule has 0 fully saturated rings. The summed E-state index contributed by atoms with van der Waals surface area (Å²) in [7, 11) is -4.06. The minimum atomic E-state index is -4.06. The number of aryl methyl sites for hydroxylation is 1. The monoisotopic (exact) mass is 405 g/mol. The summed E-state index contributed by atoms with van der Waals surface area (Å²) in [5, 5.41) is 1.20. The van der Waals surface area contributed by atoms with Gasteiger partial charge in [0, 0.05) is 40.2 Å². The first-order chi connectivity index (χ1) is 13.9. The van der Waals surface area contributed by atoms with Gasteiger partial charge in [-0.1, -0.05) is 30.3 Å². The molecule has 0 saturated heterocycles. The molecule has 0 aliphatic heterocycles. The first-order valence-electron chi connectivity index (χ1n) is 9.03. The third-order valence-corrected chi connectivity index (χ3v) is 6.24. The number of carbonyl (C=O) groups is 1. The van der Waals surface area contributed by atoms with E-state index in [9.17, 15) is 13.2 Å². The van der Waals surface area contributed by atoms with Crippen LogP contribution in [0.2, 0.25) is 0 Å². The van der Waals surface area contributed by atoms with Gasteiger partial charge in [-0.15, -0.1) is 0 Å². The molecule has 4 aromatic rings. The third kappa shape index (κ3) is 3.40. The molecule has 29 heavy (non-hydrogen) atoms. The largest absolute Gasteiger partial charge is 0.318 e. The summed E-state index contributed by atoms with van der Waals surface area (Å²) in [5.41, 5.74) is 2.73. The SMILES string of the molecule is Cc1cc(C(=O)NS(=O)(=O)c2cccc3cnccc23)c(C)n1-c1ccccc1. The van der Waals surface area contributed by atoms with E-state index in [1.165, 1.54) is 12.3 Å². The van der Waals surface area contributed by atoms with Crippen molar-refractivity contribution >= 4 is 26.7 Å². The van der Waals surface area contributed by atoms with Gasteiger partial charge in [0.05, 0.1) is 10.5 Å². The van der Waals surface area contributed by atoms with Crippen LogP contribution in [-0.4, -0.2) is 23.9 Å². The Bertz CT molecular complexity index is 1320. The van der Waals surface area contributed by atoms with Crippen molar-refractivity contribution in [2.24, 2.45) is 0 Å². The maximum absolute atomic E-state index is 12.9. The maximum atomic E-state index is 12.9. The van der Waals surface area contributed by atoms with Gasteiger partial charge in [-0.05, 0) is 44.2 Å². The van der Waals surface area contributed by atoms with Gasteiger partial charge in [0.25, 0.3) is 15.9 Å². The van der Waals surface area contributed by atoms with Crippen LogP contribution in [0.1, 0.15) is 21.7 Å². The van der Waals surface area contributed by atoms with Gasteiger partial charge in [0.15, 0.2) is 0 Å². The normalized spacial score (nSPS) is 11.5. The molecule has 0 radical (unpaired) electrons. The van der Waals surface area contributed by atoms with Crippen molar-refractivity contribution in [3.63, 3.8) is 0 Å². The van der Waals surface area contributed by atoms with E-state index in [2.05, 4.69) is 9.71 Å². The van der Waals surface area contributed by atoms with Crippen LogP contribution in [0, 0.1) is 13.8 Å². The Hall–Kier alpha value is -3.45. The Balaban J connectivity index is 1.71. The molecule has 0 aliphatic rings. The number of nitrogens with zero attached hydrogens (tertiary/aromatic N) is 2. The fraction of sp³-hybridized carbons (Fsp3) is 0.0909. The molecular formula is C22H19N3O3S. The molecule has 0 unspecified atom stereocenters. The summed E-state index contributed by atoms with van der Waals surface area (Å²) < 4.78 is 30.0. The van der Waals surface area contributed by atoms with Crippen LogP contribution in [0.25, 0.3) is 16.5 Å². The molecule has 2 aromatic heterocycles. The summed E-state index contributed by atoms with van der Waals surface area (Å²) in [5.74, 6) is -0.661. The van der Waals surface area contributed by atoms with Crippen LogP contribution < -0.4 is 4.72 Å². The van der Waals surface area contributed by atoms with E-state index >= 15 is 0 Å². The van der Waals surface area contributed by atoms with Gasteiger partial charge in [-0.2, -0.15) is 0 Å². The molecule has 6 nitrogen and oxygen atoms in total. The topological polar surface area (TPSA) is 81.1 Å². The van der Waals surface area contributed by atoms with Crippen LogP contribution >= 0.6 is 0 Å². The van der Waals surface area contributed by atoms with Crippen molar-refractivity contribution in [2.75, 3.05) is 0 Å². The minimum absolute atomic E-state index is 0.0441. The van der Waals surface area contributed by atoms with Crippen LogP contribution in [0.3, 0.4) is 0 Å². The Morgan fingerprint density at radius 3 is 2.52 bits per heavy atom. The Morgan fingerprint density at radius 2 is 1.76 bits per heavy atom. The fourth-order valence-electron chi connectivity index (χ4n) is 3.53. The first-order valence-corrected chi connectivity index (χ1v) is 10.5. The minimum Gasteiger partial charge on any atom is -0.318 e.